The van der Waals surface area contributed by atoms with Crippen LogP contribution in [0.3, 0.4) is 0 Å². The minimum atomic E-state index is 0.223. The summed E-state index contributed by atoms with van der Waals surface area (Å²) in [4.78, 5) is 11.6. The number of halogens is 2. The molecule has 0 radical (unpaired) electrons. The van der Waals surface area contributed by atoms with Crippen molar-refractivity contribution in [1.29, 1.82) is 0 Å². The van der Waals surface area contributed by atoms with Gasteiger partial charge in [-0.25, -0.2) is 0 Å². The molecule has 0 spiro atoms. The number of hydrogen-bond acceptors (Lipinski definition) is 2. The van der Waals surface area contributed by atoms with Gasteiger partial charge in [0, 0.05) is 11.3 Å². The standard InChI is InChI=1S/C11H12Cl2OS/c1-8(14)4-3-7-15-11-9(12)5-2-6-10(11)13/h2,5-6H,3-4,7H2,1H3. The first kappa shape index (κ1) is 12.9. The van der Waals surface area contributed by atoms with E-state index >= 15 is 0 Å². The van der Waals surface area contributed by atoms with Crippen molar-refractivity contribution >= 4 is 40.7 Å². The van der Waals surface area contributed by atoms with Crippen LogP contribution >= 0.6 is 35.0 Å². The highest BCUT2D eigenvalue weighted by atomic mass is 35.5. The monoisotopic (exact) mass is 262 g/mol. The molecule has 1 rings (SSSR count). The van der Waals surface area contributed by atoms with Crippen molar-refractivity contribution in [3.8, 4) is 0 Å². The average molecular weight is 263 g/mol. The topological polar surface area (TPSA) is 17.1 Å². The number of carbonyl (C=O) groups excluding carboxylic acids is 1. The molecule has 0 heterocycles. The second-order valence-electron chi connectivity index (χ2n) is 3.20. The zero-order valence-corrected chi connectivity index (χ0v) is 10.8. The lowest BCUT2D eigenvalue weighted by Crippen LogP contribution is -1.91. The fourth-order valence-electron chi connectivity index (χ4n) is 1.12. The summed E-state index contributed by atoms with van der Waals surface area (Å²) in [6, 6.07) is 5.46. The van der Waals surface area contributed by atoms with Crippen molar-refractivity contribution in [3.05, 3.63) is 28.2 Å². The molecule has 82 valence electrons. The number of Topliss-reactive ketones (excluding diaryl/α,β-unsaturated/α-hetero) is 1. The van der Waals surface area contributed by atoms with Gasteiger partial charge in [0.2, 0.25) is 0 Å². The highest BCUT2D eigenvalue weighted by Gasteiger charge is 2.05. The third-order valence-corrected chi connectivity index (χ3v) is 3.91. The first-order valence-electron chi connectivity index (χ1n) is 4.67. The van der Waals surface area contributed by atoms with Crippen molar-refractivity contribution in [1.82, 2.24) is 0 Å². The van der Waals surface area contributed by atoms with E-state index in [-0.39, 0.29) is 5.78 Å². The van der Waals surface area contributed by atoms with E-state index in [9.17, 15) is 4.79 Å². The van der Waals surface area contributed by atoms with Crippen molar-refractivity contribution in [2.24, 2.45) is 0 Å². The molecule has 0 fully saturated rings. The summed E-state index contributed by atoms with van der Waals surface area (Å²) in [7, 11) is 0. The van der Waals surface area contributed by atoms with Crippen molar-refractivity contribution in [2.45, 2.75) is 24.7 Å². The van der Waals surface area contributed by atoms with Gasteiger partial charge in [-0.15, -0.1) is 11.8 Å². The summed E-state index contributed by atoms with van der Waals surface area (Å²) in [5.41, 5.74) is 0. The smallest absolute Gasteiger partial charge is 0.129 e. The predicted octanol–water partition coefficient (Wildman–Crippen LogP) is 4.45. The van der Waals surface area contributed by atoms with Crippen LogP contribution in [-0.2, 0) is 4.79 Å². The van der Waals surface area contributed by atoms with Crippen LogP contribution in [0.4, 0.5) is 0 Å². The van der Waals surface area contributed by atoms with Gasteiger partial charge in [0.05, 0.1) is 10.0 Å². The fraction of sp³-hybridized carbons (Fsp3) is 0.364. The van der Waals surface area contributed by atoms with Gasteiger partial charge in [-0.3, -0.25) is 0 Å². The second-order valence-corrected chi connectivity index (χ2v) is 5.12. The zero-order chi connectivity index (χ0) is 11.3. The highest BCUT2D eigenvalue weighted by Crippen LogP contribution is 2.34. The lowest BCUT2D eigenvalue weighted by molar-refractivity contribution is -0.117. The van der Waals surface area contributed by atoms with Gasteiger partial charge in [-0.05, 0) is 31.2 Å². The van der Waals surface area contributed by atoms with Crippen LogP contribution in [0, 0.1) is 0 Å². The van der Waals surface area contributed by atoms with Gasteiger partial charge >= 0.3 is 0 Å². The van der Waals surface area contributed by atoms with Gasteiger partial charge in [0.25, 0.3) is 0 Å². The molecule has 0 atom stereocenters. The van der Waals surface area contributed by atoms with Gasteiger partial charge < -0.3 is 4.79 Å². The number of carbonyl (C=O) groups is 1. The second kappa shape index (κ2) is 6.41. The first-order valence-corrected chi connectivity index (χ1v) is 6.41. The number of rotatable bonds is 5. The number of hydrogen-bond donors (Lipinski definition) is 0. The maximum atomic E-state index is 10.7. The van der Waals surface area contributed by atoms with E-state index in [1.807, 2.05) is 18.2 Å². The van der Waals surface area contributed by atoms with Crippen LogP contribution in [0.15, 0.2) is 23.1 Å². The van der Waals surface area contributed by atoms with E-state index in [4.69, 9.17) is 23.2 Å². The Kier molecular flexibility index (Phi) is 5.51. The molecule has 0 unspecified atom stereocenters. The molecule has 4 heteroatoms. The van der Waals surface area contributed by atoms with Crippen molar-refractivity contribution < 1.29 is 4.79 Å². The lowest BCUT2D eigenvalue weighted by atomic mass is 10.3. The highest BCUT2D eigenvalue weighted by molar-refractivity contribution is 7.99. The molecule has 1 aromatic rings. The van der Waals surface area contributed by atoms with Crippen LogP contribution in [0.2, 0.25) is 10.0 Å². The molecule has 0 saturated carbocycles. The maximum absolute atomic E-state index is 10.7. The minimum Gasteiger partial charge on any atom is -0.300 e. The Balaban J connectivity index is 2.47. The molecule has 1 aromatic carbocycles. The third-order valence-electron chi connectivity index (χ3n) is 1.84. The van der Waals surface area contributed by atoms with E-state index in [1.165, 1.54) is 0 Å². The number of benzene rings is 1. The quantitative estimate of drug-likeness (QED) is 0.576. The van der Waals surface area contributed by atoms with Crippen LogP contribution in [0.1, 0.15) is 19.8 Å². The third kappa shape index (κ3) is 4.45. The summed E-state index contributed by atoms with van der Waals surface area (Å²) in [5.74, 6) is 1.09. The molecule has 15 heavy (non-hydrogen) atoms. The molecule has 0 aliphatic carbocycles. The van der Waals surface area contributed by atoms with Crippen molar-refractivity contribution in [2.75, 3.05) is 5.75 Å². The maximum Gasteiger partial charge on any atom is 0.129 e. The van der Waals surface area contributed by atoms with E-state index in [1.54, 1.807) is 18.7 Å². The van der Waals surface area contributed by atoms with E-state index < -0.39 is 0 Å². The summed E-state index contributed by atoms with van der Waals surface area (Å²) in [5, 5.41) is 1.35. The molecule has 0 N–H and O–H groups in total. The summed E-state index contributed by atoms with van der Waals surface area (Å²) in [6.45, 7) is 1.60. The van der Waals surface area contributed by atoms with Crippen LogP contribution in [0.5, 0.6) is 0 Å². The fourth-order valence-corrected chi connectivity index (χ4v) is 2.75. The Hall–Kier alpha value is -0.180. The molecular weight excluding hydrogens is 251 g/mol. The van der Waals surface area contributed by atoms with Gasteiger partial charge in [0.1, 0.15) is 5.78 Å². The summed E-state index contributed by atoms with van der Waals surface area (Å²) in [6.07, 6.45) is 1.48. The largest absolute Gasteiger partial charge is 0.300 e. The van der Waals surface area contributed by atoms with Crippen LogP contribution < -0.4 is 0 Å². The molecule has 0 saturated heterocycles. The van der Waals surface area contributed by atoms with Crippen LogP contribution in [0.25, 0.3) is 0 Å². The van der Waals surface area contributed by atoms with Gasteiger partial charge in [-0.2, -0.15) is 0 Å². The van der Waals surface area contributed by atoms with E-state index in [0.29, 0.717) is 16.5 Å². The van der Waals surface area contributed by atoms with Crippen molar-refractivity contribution in [3.63, 3.8) is 0 Å². The first-order chi connectivity index (χ1) is 7.11. The number of ketones is 1. The molecule has 0 amide bonds. The molecular formula is C11H12Cl2OS. The average Bonchev–Trinajstić information content (AvgIpc) is 2.15. The Morgan fingerprint density at radius 1 is 1.33 bits per heavy atom. The molecule has 0 aliphatic heterocycles. The SMILES string of the molecule is CC(=O)CCCSc1c(Cl)cccc1Cl. The van der Waals surface area contributed by atoms with Gasteiger partial charge in [-0.1, -0.05) is 29.3 Å². The zero-order valence-electron chi connectivity index (χ0n) is 8.43. The molecule has 1 nitrogen and oxygen atoms in total. The normalized spacial score (nSPS) is 10.3. The van der Waals surface area contributed by atoms with Gasteiger partial charge in [0.15, 0.2) is 0 Å². The van der Waals surface area contributed by atoms with Crippen LogP contribution in [-0.4, -0.2) is 11.5 Å². The summed E-state index contributed by atoms with van der Waals surface area (Å²) >= 11 is 13.6. The minimum absolute atomic E-state index is 0.223. The summed E-state index contributed by atoms with van der Waals surface area (Å²) < 4.78 is 0. The molecule has 0 bridgehead atoms. The van der Waals surface area contributed by atoms with E-state index in [0.717, 1.165) is 17.1 Å². The Morgan fingerprint density at radius 2 is 1.93 bits per heavy atom. The molecule has 0 aliphatic rings. The Bertz CT molecular complexity index is 332. The predicted molar refractivity (Wildman–Crippen MR) is 67.1 cm³/mol. The number of thioether (sulfide) groups is 1. The molecule has 0 aromatic heterocycles. The Morgan fingerprint density at radius 3 is 2.47 bits per heavy atom. The Labute approximate surface area is 104 Å². The lowest BCUT2D eigenvalue weighted by Gasteiger charge is -2.05. The van der Waals surface area contributed by atoms with E-state index in [2.05, 4.69) is 0 Å².